The van der Waals surface area contributed by atoms with Gasteiger partial charge in [-0.2, -0.15) is 0 Å². The molecule has 0 aliphatic rings. The van der Waals surface area contributed by atoms with Crippen LogP contribution in [-0.2, 0) is 6.54 Å². The first-order valence-electron chi connectivity index (χ1n) is 7.03. The summed E-state index contributed by atoms with van der Waals surface area (Å²) >= 11 is 0. The first-order valence-corrected chi connectivity index (χ1v) is 7.03. The van der Waals surface area contributed by atoms with Gasteiger partial charge in [-0.05, 0) is 31.9 Å². The zero-order valence-electron chi connectivity index (χ0n) is 12.4. The Morgan fingerprint density at radius 3 is 2.85 bits per heavy atom. The Bertz CT molecular complexity index is 564. The molecule has 0 spiro atoms. The minimum atomic E-state index is -0.0716. The number of para-hydroxylation sites is 1. The normalized spacial score (nSPS) is 14.4. The van der Waals surface area contributed by atoms with Crippen LogP contribution in [0.4, 0.5) is 0 Å². The van der Waals surface area contributed by atoms with Crippen LogP contribution < -0.4 is 10.1 Å². The Morgan fingerprint density at radius 1 is 1.40 bits per heavy atom. The molecule has 0 bridgehead atoms. The van der Waals surface area contributed by atoms with Gasteiger partial charge in [0.05, 0.1) is 13.7 Å². The van der Waals surface area contributed by atoms with Crippen molar-refractivity contribution in [2.24, 2.45) is 0 Å². The number of aliphatic hydroxyl groups is 1. The monoisotopic (exact) mass is 277 g/mol. The number of hydrogen-bond donors (Lipinski definition) is 2. The fourth-order valence-electron chi connectivity index (χ4n) is 2.27. The quantitative estimate of drug-likeness (QED) is 0.816. The smallest absolute Gasteiger partial charge is 0.176 e. The average Bonchev–Trinajstić information content (AvgIpc) is 2.88. The van der Waals surface area contributed by atoms with E-state index in [0.29, 0.717) is 6.54 Å². The highest BCUT2D eigenvalue weighted by molar-refractivity contribution is 5.83. The number of aliphatic hydroxyl groups excluding tert-OH is 1. The maximum absolute atomic E-state index is 9.13. The van der Waals surface area contributed by atoms with Gasteiger partial charge in [0, 0.05) is 17.5 Å². The molecule has 4 nitrogen and oxygen atoms in total. The molecule has 1 atom stereocenters. The highest BCUT2D eigenvalue weighted by Crippen LogP contribution is 2.28. The van der Waals surface area contributed by atoms with Crippen LogP contribution in [0.15, 0.2) is 28.7 Å². The van der Waals surface area contributed by atoms with E-state index in [2.05, 4.69) is 19.2 Å². The van der Waals surface area contributed by atoms with Crippen molar-refractivity contribution in [3.8, 4) is 5.75 Å². The largest absolute Gasteiger partial charge is 0.493 e. The van der Waals surface area contributed by atoms with E-state index in [1.165, 1.54) is 0 Å². The second-order valence-corrected chi connectivity index (χ2v) is 5.33. The molecule has 0 amide bonds. The number of methoxy groups -OCH3 is 1. The van der Waals surface area contributed by atoms with E-state index in [-0.39, 0.29) is 12.1 Å². The van der Waals surface area contributed by atoms with Crippen LogP contribution in [0.5, 0.6) is 5.75 Å². The maximum atomic E-state index is 9.13. The van der Waals surface area contributed by atoms with E-state index in [4.69, 9.17) is 14.3 Å². The molecule has 110 valence electrons. The summed E-state index contributed by atoms with van der Waals surface area (Å²) in [4.78, 5) is 0. The summed E-state index contributed by atoms with van der Waals surface area (Å²) in [7, 11) is 1.64. The molecule has 0 aliphatic heterocycles. The predicted molar refractivity (Wildman–Crippen MR) is 80.0 cm³/mol. The molecular formula is C16H23NO3. The Morgan fingerprint density at radius 2 is 2.20 bits per heavy atom. The molecule has 0 saturated heterocycles. The van der Waals surface area contributed by atoms with E-state index < -0.39 is 0 Å². The Balaban J connectivity index is 2.14. The molecule has 2 N–H and O–H groups in total. The van der Waals surface area contributed by atoms with Crippen molar-refractivity contribution in [2.75, 3.05) is 13.7 Å². The molecule has 1 unspecified atom stereocenters. The lowest BCUT2D eigenvalue weighted by Crippen LogP contribution is -2.41. The minimum Gasteiger partial charge on any atom is -0.493 e. The Labute approximate surface area is 119 Å². The fraction of sp³-hybridized carbons (Fsp3) is 0.500. The van der Waals surface area contributed by atoms with Crippen molar-refractivity contribution in [1.29, 1.82) is 0 Å². The van der Waals surface area contributed by atoms with Gasteiger partial charge in [0.1, 0.15) is 5.76 Å². The minimum absolute atomic E-state index is 0.0716. The lowest BCUT2D eigenvalue weighted by Gasteiger charge is -2.28. The van der Waals surface area contributed by atoms with E-state index >= 15 is 0 Å². The molecule has 2 aromatic rings. The molecule has 0 saturated carbocycles. The summed E-state index contributed by atoms with van der Waals surface area (Å²) in [6, 6.07) is 7.89. The molecule has 2 rings (SSSR count). The van der Waals surface area contributed by atoms with E-state index in [1.54, 1.807) is 7.11 Å². The van der Waals surface area contributed by atoms with Gasteiger partial charge in [-0.1, -0.05) is 19.1 Å². The van der Waals surface area contributed by atoms with Crippen molar-refractivity contribution >= 4 is 11.0 Å². The van der Waals surface area contributed by atoms with Crippen LogP contribution in [0.2, 0.25) is 0 Å². The number of rotatable bonds is 7. The maximum Gasteiger partial charge on any atom is 0.176 e. The Kier molecular flexibility index (Phi) is 4.68. The number of fused-ring (bicyclic) bond motifs is 1. The Hall–Kier alpha value is -1.52. The van der Waals surface area contributed by atoms with E-state index in [9.17, 15) is 0 Å². The summed E-state index contributed by atoms with van der Waals surface area (Å²) in [5.74, 6) is 1.63. The zero-order valence-corrected chi connectivity index (χ0v) is 12.4. The van der Waals surface area contributed by atoms with Gasteiger partial charge in [0.25, 0.3) is 0 Å². The molecular weight excluding hydrogens is 254 g/mol. The SMILES string of the molecule is CCC(C)(CCO)NCc1cc2cccc(OC)c2o1. The summed E-state index contributed by atoms with van der Waals surface area (Å²) in [6.07, 6.45) is 1.68. The molecule has 4 heteroatoms. The number of hydrogen-bond acceptors (Lipinski definition) is 4. The summed E-state index contributed by atoms with van der Waals surface area (Å²) in [5.41, 5.74) is 0.713. The van der Waals surface area contributed by atoms with Crippen LogP contribution >= 0.6 is 0 Å². The molecule has 0 aliphatic carbocycles. The zero-order chi connectivity index (χ0) is 14.6. The molecule has 20 heavy (non-hydrogen) atoms. The second kappa shape index (κ2) is 6.29. The summed E-state index contributed by atoms with van der Waals surface area (Å²) in [5, 5.41) is 13.6. The third-order valence-electron chi connectivity index (χ3n) is 3.91. The average molecular weight is 277 g/mol. The van der Waals surface area contributed by atoms with Crippen molar-refractivity contribution < 1.29 is 14.3 Å². The van der Waals surface area contributed by atoms with Crippen LogP contribution in [-0.4, -0.2) is 24.4 Å². The van der Waals surface area contributed by atoms with Gasteiger partial charge in [0.15, 0.2) is 11.3 Å². The molecule has 1 heterocycles. The van der Waals surface area contributed by atoms with Gasteiger partial charge in [-0.25, -0.2) is 0 Å². The van der Waals surface area contributed by atoms with Crippen LogP contribution in [0.1, 0.15) is 32.4 Å². The van der Waals surface area contributed by atoms with Gasteiger partial charge in [-0.3, -0.25) is 0 Å². The lowest BCUT2D eigenvalue weighted by atomic mass is 9.95. The molecule has 0 fully saturated rings. The highest BCUT2D eigenvalue weighted by Gasteiger charge is 2.21. The van der Waals surface area contributed by atoms with Crippen LogP contribution in [0, 0.1) is 0 Å². The van der Waals surface area contributed by atoms with Crippen molar-refractivity contribution in [2.45, 2.75) is 38.8 Å². The first kappa shape index (κ1) is 14.9. The summed E-state index contributed by atoms with van der Waals surface area (Å²) < 4.78 is 11.2. The van der Waals surface area contributed by atoms with Gasteiger partial charge in [0.2, 0.25) is 0 Å². The van der Waals surface area contributed by atoms with E-state index in [0.717, 1.165) is 35.3 Å². The van der Waals surface area contributed by atoms with E-state index in [1.807, 2.05) is 24.3 Å². The third-order valence-corrected chi connectivity index (χ3v) is 3.91. The van der Waals surface area contributed by atoms with Crippen LogP contribution in [0.25, 0.3) is 11.0 Å². The van der Waals surface area contributed by atoms with Crippen molar-refractivity contribution in [1.82, 2.24) is 5.32 Å². The number of furan rings is 1. The van der Waals surface area contributed by atoms with Crippen LogP contribution in [0.3, 0.4) is 0 Å². The first-order chi connectivity index (χ1) is 9.61. The van der Waals surface area contributed by atoms with Gasteiger partial charge < -0.3 is 19.6 Å². The lowest BCUT2D eigenvalue weighted by molar-refractivity contribution is 0.212. The molecule has 1 aromatic heterocycles. The topological polar surface area (TPSA) is 54.6 Å². The molecule has 0 radical (unpaired) electrons. The third kappa shape index (κ3) is 3.14. The number of ether oxygens (including phenoxy) is 1. The number of benzene rings is 1. The van der Waals surface area contributed by atoms with Gasteiger partial charge >= 0.3 is 0 Å². The predicted octanol–water partition coefficient (Wildman–Crippen LogP) is 3.08. The van der Waals surface area contributed by atoms with Gasteiger partial charge in [-0.15, -0.1) is 0 Å². The fourth-order valence-corrected chi connectivity index (χ4v) is 2.27. The second-order valence-electron chi connectivity index (χ2n) is 5.33. The standard InChI is InChI=1S/C16H23NO3/c1-4-16(2,8-9-18)17-11-13-10-12-6-5-7-14(19-3)15(12)20-13/h5-7,10,17-18H,4,8-9,11H2,1-3H3. The molecule has 1 aromatic carbocycles. The number of nitrogens with one attached hydrogen (secondary N) is 1. The van der Waals surface area contributed by atoms with Crippen molar-refractivity contribution in [3.05, 3.63) is 30.0 Å². The van der Waals surface area contributed by atoms with Crippen molar-refractivity contribution in [3.63, 3.8) is 0 Å². The highest BCUT2D eigenvalue weighted by atomic mass is 16.5. The summed E-state index contributed by atoms with van der Waals surface area (Å²) in [6.45, 7) is 5.06.